The maximum absolute atomic E-state index is 12.1. The fourth-order valence-electron chi connectivity index (χ4n) is 2.23. The van der Waals surface area contributed by atoms with Gasteiger partial charge in [0.25, 0.3) is 0 Å². The van der Waals surface area contributed by atoms with Crippen LogP contribution in [0, 0.1) is 5.92 Å². The molecule has 3 heterocycles. The zero-order valence-electron chi connectivity index (χ0n) is 12.6. The van der Waals surface area contributed by atoms with E-state index in [0.29, 0.717) is 35.1 Å². The fraction of sp³-hybridized carbons (Fsp3) is 0.267. The normalized spacial score (nSPS) is 13.9. The molecule has 0 aromatic carbocycles. The Morgan fingerprint density at radius 1 is 1.33 bits per heavy atom. The number of thiol groups is 1. The molecular formula is C15H14N6OS2. The van der Waals surface area contributed by atoms with Crippen LogP contribution in [0.15, 0.2) is 30.0 Å². The standard InChI is InChI=1S/C15H14N6OS2/c22-15(21(23)7-9-1-2-9)20-13-4-3-10-14(19-13)18-11(5-17-10)12-6-16-8-24-12/h3-6,8-9,23H,1-2,7H2,(H,18,19,20,22). The Balaban J connectivity index is 1.56. The maximum Gasteiger partial charge on any atom is 0.332 e. The second-order valence-corrected chi connectivity index (χ2v) is 6.98. The van der Waals surface area contributed by atoms with Gasteiger partial charge in [-0.3, -0.25) is 19.6 Å². The van der Waals surface area contributed by atoms with E-state index in [1.165, 1.54) is 15.6 Å². The number of carbonyl (C=O) groups is 1. The molecule has 122 valence electrons. The third-order valence-electron chi connectivity index (χ3n) is 3.69. The van der Waals surface area contributed by atoms with E-state index in [1.807, 2.05) is 0 Å². The largest absolute Gasteiger partial charge is 0.332 e. The van der Waals surface area contributed by atoms with Gasteiger partial charge in [-0.05, 0) is 30.9 Å². The molecule has 0 unspecified atom stereocenters. The summed E-state index contributed by atoms with van der Waals surface area (Å²) in [5, 5.41) is 2.74. The van der Waals surface area contributed by atoms with Crippen LogP contribution in [0.1, 0.15) is 12.8 Å². The van der Waals surface area contributed by atoms with Gasteiger partial charge in [-0.15, -0.1) is 11.3 Å². The number of anilines is 1. The zero-order chi connectivity index (χ0) is 16.5. The summed E-state index contributed by atoms with van der Waals surface area (Å²) in [5.74, 6) is 1.00. The molecule has 7 nitrogen and oxygen atoms in total. The minimum Gasteiger partial charge on any atom is -0.291 e. The van der Waals surface area contributed by atoms with Crippen LogP contribution in [-0.4, -0.2) is 36.8 Å². The van der Waals surface area contributed by atoms with Crippen LogP contribution < -0.4 is 5.32 Å². The third-order valence-corrected chi connectivity index (χ3v) is 4.83. The maximum atomic E-state index is 12.1. The summed E-state index contributed by atoms with van der Waals surface area (Å²) < 4.78 is 1.39. The molecule has 9 heteroatoms. The average Bonchev–Trinajstić information content (AvgIpc) is 3.23. The van der Waals surface area contributed by atoms with Crippen LogP contribution in [0.3, 0.4) is 0 Å². The monoisotopic (exact) mass is 358 g/mol. The van der Waals surface area contributed by atoms with Gasteiger partial charge >= 0.3 is 6.03 Å². The van der Waals surface area contributed by atoms with Crippen LogP contribution in [-0.2, 0) is 0 Å². The molecule has 4 rings (SSSR count). The van der Waals surface area contributed by atoms with Crippen LogP contribution >= 0.6 is 24.2 Å². The lowest BCUT2D eigenvalue weighted by atomic mass is 10.3. The highest BCUT2D eigenvalue weighted by Crippen LogP contribution is 2.30. The Hall–Kier alpha value is -2.26. The molecule has 1 aliphatic carbocycles. The molecule has 0 atom stereocenters. The number of fused-ring (bicyclic) bond motifs is 1. The number of amides is 2. The van der Waals surface area contributed by atoms with Gasteiger partial charge in [-0.1, -0.05) is 12.8 Å². The van der Waals surface area contributed by atoms with Gasteiger partial charge in [-0.25, -0.2) is 14.8 Å². The number of rotatable bonds is 4. The van der Waals surface area contributed by atoms with E-state index in [4.69, 9.17) is 0 Å². The van der Waals surface area contributed by atoms with Crippen molar-refractivity contribution >= 4 is 47.2 Å². The van der Waals surface area contributed by atoms with E-state index in [1.54, 1.807) is 30.0 Å². The summed E-state index contributed by atoms with van der Waals surface area (Å²) in [5.41, 5.74) is 3.60. The number of pyridine rings is 1. The van der Waals surface area contributed by atoms with E-state index in [2.05, 4.69) is 38.1 Å². The summed E-state index contributed by atoms with van der Waals surface area (Å²) >= 11 is 5.71. The Labute approximate surface area is 147 Å². The molecule has 2 amide bonds. The van der Waals surface area contributed by atoms with Crippen molar-refractivity contribution in [3.05, 3.63) is 30.0 Å². The minimum absolute atomic E-state index is 0.288. The number of nitrogens with zero attached hydrogens (tertiary/aromatic N) is 5. The van der Waals surface area contributed by atoms with Crippen molar-refractivity contribution in [3.8, 4) is 10.6 Å². The predicted octanol–water partition coefficient (Wildman–Crippen LogP) is 3.24. The van der Waals surface area contributed by atoms with Gasteiger partial charge in [0.1, 0.15) is 17.0 Å². The van der Waals surface area contributed by atoms with Gasteiger partial charge in [0.2, 0.25) is 0 Å². The number of hydrogen-bond donors (Lipinski definition) is 2. The summed E-state index contributed by atoms with van der Waals surface area (Å²) in [7, 11) is 0. The third kappa shape index (κ3) is 3.31. The first-order chi connectivity index (χ1) is 11.7. The Kier molecular flexibility index (Phi) is 4.03. The molecule has 3 aromatic rings. The minimum atomic E-state index is -0.288. The smallest absolute Gasteiger partial charge is 0.291 e. The molecule has 0 spiro atoms. The van der Waals surface area contributed by atoms with Crippen molar-refractivity contribution in [1.29, 1.82) is 0 Å². The lowest BCUT2D eigenvalue weighted by Gasteiger charge is -2.15. The molecule has 24 heavy (non-hydrogen) atoms. The lowest BCUT2D eigenvalue weighted by Crippen LogP contribution is -2.29. The van der Waals surface area contributed by atoms with Crippen LogP contribution in [0.2, 0.25) is 0 Å². The molecule has 1 fully saturated rings. The van der Waals surface area contributed by atoms with Gasteiger partial charge in [0.05, 0.1) is 16.6 Å². The highest BCUT2D eigenvalue weighted by atomic mass is 32.1. The summed E-state index contributed by atoms with van der Waals surface area (Å²) in [6.45, 7) is 0.651. The van der Waals surface area contributed by atoms with Crippen LogP contribution in [0.25, 0.3) is 21.7 Å². The molecule has 0 bridgehead atoms. The van der Waals surface area contributed by atoms with Gasteiger partial charge in [-0.2, -0.15) is 0 Å². The summed E-state index contributed by atoms with van der Waals surface area (Å²) in [4.78, 5) is 30.3. The Morgan fingerprint density at radius 3 is 2.96 bits per heavy atom. The number of urea groups is 1. The zero-order valence-corrected chi connectivity index (χ0v) is 14.3. The van der Waals surface area contributed by atoms with E-state index < -0.39 is 0 Å². The van der Waals surface area contributed by atoms with Crippen LogP contribution in [0.5, 0.6) is 0 Å². The molecule has 0 saturated heterocycles. The predicted molar refractivity (Wildman–Crippen MR) is 95.9 cm³/mol. The first-order valence-electron chi connectivity index (χ1n) is 7.49. The summed E-state index contributed by atoms with van der Waals surface area (Å²) in [6, 6.07) is 3.20. The Bertz CT molecular complexity index is 881. The quantitative estimate of drug-likeness (QED) is 0.700. The first-order valence-corrected chi connectivity index (χ1v) is 8.77. The van der Waals surface area contributed by atoms with Gasteiger partial charge in [0, 0.05) is 12.7 Å². The van der Waals surface area contributed by atoms with Crippen molar-refractivity contribution in [2.24, 2.45) is 5.92 Å². The number of carbonyl (C=O) groups excluding carboxylic acids is 1. The average molecular weight is 358 g/mol. The molecular weight excluding hydrogens is 344 g/mol. The summed E-state index contributed by atoms with van der Waals surface area (Å²) in [6.07, 6.45) is 5.76. The topological polar surface area (TPSA) is 83.9 Å². The molecule has 0 aliphatic heterocycles. The van der Waals surface area contributed by atoms with Crippen molar-refractivity contribution in [1.82, 2.24) is 24.2 Å². The SMILES string of the molecule is O=C(Nc1ccc2ncc(-c3cncs3)nc2n1)N(S)CC1CC1. The van der Waals surface area contributed by atoms with Crippen molar-refractivity contribution in [2.75, 3.05) is 11.9 Å². The number of aromatic nitrogens is 4. The molecule has 1 saturated carbocycles. The molecule has 3 aromatic heterocycles. The highest BCUT2D eigenvalue weighted by molar-refractivity contribution is 7.78. The van der Waals surface area contributed by atoms with Crippen molar-refractivity contribution < 1.29 is 4.79 Å². The molecule has 1 N–H and O–H groups in total. The molecule has 1 aliphatic rings. The van der Waals surface area contributed by atoms with E-state index in [0.717, 1.165) is 17.7 Å². The number of nitrogens with one attached hydrogen (secondary N) is 1. The lowest BCUT2D eigenvalue weighted by molar-refractivity contribution is 0.238. The van der Waals surface area contributed by atoms with E-state index in [-0.39, 0.29) is 6.03 Å². The van der Waals surface area contributed by atoms with Crippen LogP contribution in [0.4, 0.5) is 10.6 Å². The first kappa shape index (κ1) is 15.3. The second-order valence-electron chi connectivity index (χ2n) is 5.62. The number of thiazole rings is 1. The Morgan fingerprint density at radius 2 is 2.21 bits per heavy atom. The van der Waals surface area contributed by atoms with E-state index >= 15 is 0 Å². The van der Waals surface area contributed by atoms with Crippen molar-refractivity contribution in [2.45, 2.75) is 12.8 Å². The fourth-order valence-corrected chi connectivity index (χ4v) is 3.09. The molecule has 0 radical (unpaired) electrons. The van der Waals surface area contributed by atoms with E-state index in [9.17, 15) is 4.79 Å². The van der Waals surface area contributed by atoms with Crippen molar-refractivity contribution in [3.63, 3.8) is 0 Å². The number of hydrogen-bond acceptors (Lipinski definition) is 7. The van der Waals surface area contributed by atoms with Gasteiger partial charge in [0.15, 0.2) is 5.65 Å². The van der Waals surface area contributed by atoms with Gasteiger partial charge < -0.3 is 0 Å². The second kappa shape index (κ2) is 6.33. The highest BCUT2D eigenvalue weighted by Gasteiger charge is 2.25.